The summed E-state index contributed by atoms with van der Waals surface area (Å²) < 4.78 is 26.7. The van der Waals surface area contributed by atoms with E-state index in [-0.39, 0.29) is 11.3 Å². The number of thiophene rings is 1. The van der Waals surface area contributed by atoms with Crippen molar-refractivity contribution in [3.63, 3.8) is 0 Å². The Morgan fingerprint density at radius 3 is 2.72 bits per heavy atom. The SMILES string of the molecule is O=C1Nc2c(ccc(F)c2F)C1(O)c1ccsc1. The molecular weight excluding hydrogens is 260 g/mol. The summed E-state index contributed by atoms with van der Waals surface area (Å²) in [5, 5.41) is 16.0. The van der Waals surface area contributed by atoms with Crippen LogP contribution in [0.15, 0.2) is 29.0 Å². The summed E-state index contributed by atoms with van der Waals surface area (Å²) in [6.45, 7) is 0. The van der Waals surface area contributed by atoms with Gasteiger partial charge < -0.3 is 10.4 Å². The molecule has 2 heterocycles. The van der Waals surface area contributed by atoms with Gasteiger partial charge in [-0.05, 0) is 22.9 Å². The lowest BCUT2D eigenvalue weighted by Gasteiger charge is -2.19. The van der Waals surface area contributed by atoms with Gasteiger partial charge >= 0.3 is 0 Å². The van der Waals surface area contributed by atoms with Crippen molar-refractivity contribution in [2.75, 3.05) is 5.32 Å². The van der Waals surface area contributed by atoms with Crippen molar-refractivity contribution >= 4 is 22.9 Å². The number of anilines is 1. The second-order valence-corrected chi connectivity index (χ2v) is 4.74. The number of fused-ring (bicyclic) bond motifs is 1. The van der Waals surface area contributed by atoms with Gasteiger partial charge in [-0.25, -0.2) is 8.78 Å². The topological polar surface area (TPSA) is 49.3 Å². The molecule has 0 saturated heterocycles. The van der Waals surface area contributed by atoms with Gasteiger partial charge in [-0.15, -0.1) is 0 Å². The van der Waals surface area contributed by atoms with Crippen LogP contribution in [0.5, 0.6) is 0 Å². The summed E-state index contributed by atoms with van der Waals surface area (Å²) in [6, 6.07) is 3.68. The minimum absolute atomic E-state index is 0.0322. The average Bonchev–Trinajstić information content (AvgIpc) is 2.94. The molecule has 3 nitrogen and oxygen atoms in total. The van der Waals surface area contributed by atoms with Crippen LogP contribution in [-0.2, 0) is 10.4 Å². The van der Waals surface area contributed by atoms with E-state index in [1.165, 1.54) is 17.4 Å². The number of halogens is 2. The number of aliphatic hydroxyl groups is 1. The fraction of sp³-hybridized carbons (Fsp3) is 0.0833. The van der Waals surface area contributed by atoms with Crippen LogP contribution < -0.4 is 5.32 Å². The van der Waals surface area contributed by atoms with Crippen molar-refractivity contribution < 1.29 is 18.7 Å². The van der Waals surface area contributed by atoms with E-state index in [4.69, 9.17) is 0 Å². The van der Waals surface area contributed by atoms with Crippen molar-refractivity contribution in [3.8, 4) is 0 Å². The van der Waals surface area contributed by atoms with E-state index in [9.17, 15) is 18.7 Å². The van der Waals surface area contributed by atoms with Crippen LogP contribution in [0.3, 0.4) is 0 Å². The van der Waals surface area contributed by atoms with Crippen molar-refractivity contribution in [2.45, 2.75) is 5.60 Å². The molecule has 1 aliphatic heterocycles. The maximum Gasteiger partial charge on any atom is 0.265 e. The van der Waals surface area contributed by atoms with E-state index in [2.05, 4.69) is 5.32 Å². The van der Waals surface area contributed by atoms with Crippen molar-refractivity contribution in [1.29, 1.82) is 0 Å². The Hall–Kier alpha value is -1.79. The average molecular weight is 267 g/mol. The third-order valence-corrected chi connectivity index (χ3v) is 3.67. The van der Waals surface area contributed by atoms with Crippen molar-refractivity contribution in [2.24, 2.45) is 0 Å². The fourth-order valence-corrected chi connectivity index (χ4v) is 2.76. The Morgan fingerprint density at radius 1 is 1.28 bits per heavy atom. The quantitative estimate of drug-likeness (QED) is 0.832. The van der Waals surface area contributed by atoms with Crippen molar-refractivity contribution in [1.82, 2.24) is 0 Å². The lowest BCUT2D eigenvalue weighted by Crippen LogP contribution is -2.34. The summed E-state index contributed by atoms with van der Waals surface area (Å²) >= 11 is 1.30. The van der Waals surface area contributed by atoms with E-state index in [0.29, 0.717) is 5.56 Å². The molecule has 1 atom stereocenters. The van der Waals surface area contributed by atoms with Gasteiger partial charge in [0.05, 0.1) is 5.69 Å². The van der Waals surface area contributed by atoms with E-state index < -0.39 is 23.1 Å². The number of rotatable bonds is 1. The maximum atomic E-state index is 13.6. The first-order valence-corrected chi connectivity index (χ1v) is 6.04. The van der Waals surface area contributed by atoms with Crippen LogP contribution >= 0.6 is 11.3 Å². The highest BCUT2D eigenvalue weighted by Crippen LogP contribution is 2.43. The molecule has 92 valence electrons. The smallest absolute Gasteiger partial charge is 0.265 e. The summed E-state index contributed by atoms with van der Waals surface area (Å²) in [5.41, 5.74) is -1.88. The Bertz CT molecular complexity index is 642. The molecule has 0 fully saturated rings. The number of amides is 1. The van der Waals surface area contributed by atoms with E-state index in [0.717, 1.165) is 6.07 Å². The van der Waals surface area contributed by atoms with Gasteiger partial charge in [0.2, 0.25) is 0 Å². The summed E-state index contributed by atoms with van der Waals surface area (Å²) in [6.07, 6.45) is 0. The predicted molar refractivity (Wildman–Crippen MR) is 62.3 cm³/mol. The molecule has 18 heavy (non-hydrogen) atoms. The highest BCUT2D eigenvalue weighted by molar-refractivity contribution is 7.08. The summed E-state index contributed by atoms with van der Waals surface area (Å²) in [7, 11) is 0. The highest BCUT2D eigenvalue weighted by atomic mass is 32.1. The van der Waals surface area contributed by atoms with Gasteiger partial charge in [0, 0.05) is 11.1 Å². The number of benzene rings is 1. The van der Waals surface area contributed by atoms with Crippen LogP contribution in [0.2, 0.25) is 0 Å². The van der Waals surface area contributed by atoms with E-state index in [1.54, 1.807) is 16.8 Å². The van der Waals surface area contributed by atoms with Crippen LogP contribution in [0.1, 0.15) is 11.1 Å². The molecule has 2 N–H and O–H groups in total. The molecule has 6 heteroatoms. The first-order chi connectivity index (χ1) is 8.55. The molecule has 0 aliphatic carbocycles. The second kappa shape index (κ2) is 3.60. The molecule has 0 saturated carbocycles. The molecule has 0 spiro atoms. The number of nitrogens with one attached hydrogen (secondary N) is 1. The molecule has 2 aromatic rings. The molecule has 3 rings (SSSR count). The monoisotopic (exact) mass is 267 g/mol. The third kappa shape index (κ3) is 1.27. The van der Waals surface area contributed by atoms with Gasteiger partial charge in [0.1, 0.15) is 0 Å². The summed E-state index contributed by atoms with van der Waals surface area (Å²) in [5.74, 6) is -3.00. The minimum Gasteiger partial charge on any atom is -0.372 e. The van der Waals surface area contributed by atoms with Crippen LogP contribution in [0.4, 0.5) is 14.5 Å². The highest BCUT2D eigenvalue weighted by Gasteiger charge is 2.48. The van der Waals surface area contributed by atoms with Gasteiger partial charge in [0.25, 0.3) is 5.91 Å². The zero-order chi connectivity index (χ0) is 12.9. The largest absolute Gasteiger partial charge is 0.372 e. The maximum absolute atomic E-state index is 13.6. The van der Waals surface area contributed by atoms with E-state index in [1.807, 2.05) is 0 Å². The van der Waals surface area contributed by atoms with Crippen LogP contribution in [0.25, 0.3) is 0 Å². The number of hydrogen-bond acceptors (Lipinski definition) is 3. The second-order valence-electron chi connectivity index (χ2n) is 3.96. The Kier molecular flexibility index (Phi) is 2.26. The predicted octanol–water partition coefficient (Wildman–Crippen LogP) is 2.21. The van der Waals surface area contributed by atoms with Gasteiger partial charge in [-0.3, -0.25) is 4.79 Å². The first-order valence-electron chi connectivity index (χ1n) is 5.10. The van der Waals surface area contributed by atoms with Crippen LogP contribution in [0, 0.1) is 11.6 Å². The third-order valence-electron chi connectivity index (χ3n) is 2.99. The van der Waals surface area contributed by atoms with Gasteiger partial charge in [0.15, 0.2) is 17.2 Å². The Morgan fingerprint density at radius 2 is 2.06 bits per heavy atom. The normalized spacial score (nSPS) is 21.8. The standard InChI is InChI=1S/C12H7F2NO2S/c13-8-2-1-7-10(9(8)14)15-11(16)12(7,17)6-3-4-18-5-6/h1-5,17H,(H,15,16). The molecule has 1 unspecified atom stereocenters. The molecule has 1 aromatic carbocycles. The Balaban J connectivity index is 2.28. The van der Waals surface area contributed by atoms with Crippen molar-refractivity contribution in [3.05, 3.63) is 51.7 Å². The Labute approximate surface area is 105 Å². The zero-order valence-electron chi connectivity index (χ0n) is 8.91. The number of carbonyl (C=O) groups is 1. The molecule has 1 aromatic heterocycles. The molecular formula is C12H7F2NO2S. The minimum atomic E-state index is -1.95. The van der Waals surface area contributed by atoms with E-state index >= 15 is 0 Å². The van der Waals surface area contributed by atoms with Crippen LogP contribution in [-0.4, -0.2) is 11.0 Å². The molecule has 0 bridgehead atoms. The molecule has 1 aliphatic rings. The molecule has 1 amide bonds. The summed E-state index contributed by atoms with van der Waals surface area (Å²) in [4.78, 5) is 11.9. The van der Waals surface area contributed by atoms with Gasteiger partial charge in [-0.1, -0.05) is 6.07 Å². The lowest BCUT2D eigenvalue weighted by molar-refractivity contribution is -0.129. The number of hydrogen-bond donors (Lipinski definition) is 2. The van der Waals surface area contributed by atoms with Gasteiger partial charge in [-0.2, -0.15) is 11.3 Å². The fourth-order valence-electron chi connectivity index (χ4n) is 2.06. The number of carbonyl (C=O) groups excluding carboxylic acids is 1. The lowest BCUT2D eigenvalue weighted by atomic mass is 9.89. The first kappa shape index (κ1) is 11.3. The molecule has 0 radical (unpaired) electrons. The zero-order valence-corrected chi connectivity index (χ0v) is 9.72.